The van der Waals surface area contributed by atoms with Gasteiger partial charge in [0.1, 0.15) is 5.78 Å². The predicted octanol–water partition coefficient (Wildman–Crippen LogP) is 5.34. The first-order valence-corrected chi connectivity index (χ1v) is 8.36. The Morgan fingerprint density at radius 2 is 1.78 bits per heavy atom. The topological polar surface area (TPSA) is 30.0 Å². The minimum Gasteiger partial charge on any atom is -0.299 e. The SMILES string of the molecule is C[C@@H](CC(=O)Cc1ccc(C(C)(C)C)cc1)c1ccc(Cl)cn1. The summed E-state index contributed by atoms with van der Waals surface area (Å²) in [6.07, 6.45) is 2.60. The van der Waals surface area contributed by atoms with E-state index in [2.05, 4.69) is 50.0 Å². The maximum absolute atomic E-state index is 12.3. The fourth-order valence-corrected chi connectivity index (χ4v) is 2.66. The van der Waals surface area contributed by atoms with Crippen LogP contribution in [0.4, 0.5) is 0 Å². The van der Waals surface area contributed by atoms with Gasteiger partial charge in [0.2, 0.25) is 0 Å². The highest BCUT2D eigenvalue weighted by Crippen LogP contribution is 2.23. The zero-order valence-electron chi connectivity index (χ0n) is 14.3. The number of carbonyl (C=O) groups excluding carboxylic acids is 1. The Hall–Kier alpha value is -1.67. The van der Waals surface area contributed by atoms with Gasteiger partial charge in [-0.3, -0.25) is 9.78 Å². The molecule has 1 aromatic heterocycles. The van der Waals surface area contributed by atoms with Gasteiger partial charge < -0.3 is 0 Å². The van der Waals surface area contributed by atoms with Crippen LogP contribution in [0.5, 0.6) is 0 Å². The molecule has 1 aromatic carbocycles. The number of ketones is 1. The molecule has 0 fully saturated rings. The predicted molar refractivity (Wildman–Crippen MR) is 96.1 cm³/mol. The molecule has 2 rings (SSSR count). The summed E-state index contributed by atoms with van der Waals surface area (Å²) in [5, 5.41) is 0.617. The molecule has 0 aliphatic carbocycles. The van der Waals surface area contributed by atoms with Crippen molar-refractivity contribution >= 4 is 17.4 Å². The van der Waals surface area contributed by atoms with Gasteiger partial charge in [-0.15, -0.1) is 0 Å². The molecule has 0 amide bonds. The molecule has 23 heavy (non-hydrogen) atoms. The molecule has 1 atom stereocenters. The zero-order valence-corrected chi connectivity index (χ0v) is 15.0. The summed E-state index contributed by atoms with van der Waals surface area (Å²) in [6, 6.07) is 12.1. The van der Waals surface area contributed by atoms with Crippen molar-refractivity contribution in [3.63, 3.8) is 0 Å². The first kappa shape index (κ1) is 17.7. The van der Waals surface area contributed by atoms with Crippen LogP contribution >= 0.6 is 11.6 Å². The summed E-state index contributed by atoms with van der Waals surface area (Å²) >= 11 is 5.84. The van der Waals surface area contributed by atoms with Gasteiger partial charge in [0.15, 0.2) is 0 Å². The van der Waals surface area contributed by atoms with Gasteiger partial charge in [-0.2, -0.15) is 0 Å². The normalized spacial score (nSPS) is 12.9. The summed E-state index contributed by atoms with van der Waals surface area (Å²) in [5.41, 5.74) is 3.40. The Labute approximate surface area is 143 Å². The van der Waals surface area contributed by atoms with E-state index in [0.29, 0.717) is 17.9 Å². The van der Waals surface area contributed by atoms with E-state index < -0.39 is 0 Å². The van der Waals surface area contributed by atoms with E-state index >= 15 is 0 Å². The average Bonchev–Trinajstić information content (AvgIpc) is 2.47. The molecule has 0 bridgehead atoms. The smallest absolute Gasteiger partial charge is 0.137 e. The van der Waals surface area contributed by atoms with Gasteiger partial charge in [-0.1, -0.05) is 63.6 Å². The van der Waals surface area contributed by atoms with Crippen LogP contribution in [0, 0.1) is 0 Å². The molecule has 2 nitrogen and oxygen atoms in total. The van der Waals surface area contributed by atoms with Gasteiger partial charge in [0.05, 0.1) is 5.02 Å². The van der Waals surface area contributed by atoms with E-state index in [1.807, 2.05) is 19.1 Å². The molecule has 122 valence electrons. The second-order valence-corrected chi connectivity index (χ2v) is 7.61. The first-order chi connectivity index (χ1) is 10.8. The molecule has 0 aliphatic rings. The van der Waals surface area contributed by atoms with Crippen molar-refractivity contribution in [1.82, 2.24) is 4.98 Å². The number of hydrogen-bond donors (Lipinski definition) is 0. The highest BCUT2D eigenvalue weighted by atomic mass is 35.5. The number of carbonyl (C=O) groups is 1. The summed E-state index contributed by atoms with van der Waals surface area (Å²) in [4.78, 5) is 16.6. The minimum absolute atomic E-state index is 0.105. The van der Waals surface area contributed by atoms with Gasteiger partial charge in [0.25, 0.3) is 0 Å². The Bertz CT molecular complexity index is 654. The summed E-state index contributed by atoms with van der Waals surface area (Å²) in [7, 11) is 0. The molecular formula is C20H24ClNO. The molecule has 0 spiro atoms. The number of pyridine rings is 1. The fraction of sp³-hybridized carbons (Fsp3) is 0.400. The average molecular weight is 330 g/mol. The van der Waals surface area contributed by atoms with Crippen LogP contribution in [0.1, 0.15) is 56.9 Å². The number of nitrogens with zero attached hydrogens (tertiary/aromatic N) is 1. The van der Waals surface area contributed by atoms with Gasteiger partial charge >= 0.3 is 0 Å². The first-order valence-electron chi connectivity index (χ1n) is 7.98. The maximum atomic E-state index is 12.3. The Balaban J connectivity index is 1.95. The van der Waals surface area contributed by atoms with E-state index in [-0.39, 0.29) is 17.1 Å². The third kappa shape index (κ3) is 5.18. The van der Waals surface area contributed by atoms with Crippen LogP contribution in [0.15, 0.2) is 42.6 Å². The number of aromatic nitrogens is 1. The molecule has 0 radical (unpaired) electrons. The largest absolute Gasteiger partial charge is 0.299 e. The maximum Gasteiger partial charge on any atom is 0.137 e. The van der Waals surface area contributed by atoms with Gasteiger partial charge in [-0.25, -0.2) is 0 Å². The third-order valence-corrected chi connectivity index (χ3v) is 4.23. The van der Waals surface area contributed by atoms with Crippen molar-refractivity contribution in [1.29, 1.82) is 0 Å². The molecular weight excluding hydrogens is 306 g/mol. The lowest BCUT2D eigenvalue weighted by Crippen LogP contribution is -2.11. The van der Waals surface area contributed by atoms with Crippen molar-refractivity contribution < 1.29 is 4.79 Å². The third-order valence-electron chi connectivity index (χ3n) is 4.01. The molecule has 0 aliphatic heterocycles. The van der Waals surface area contributed by atoms with E-state index in [0.717, 1.165) is 11.3 Å². The second-order valence-electron chi connectivity index (χ2n) is 7.17. The lowest BCUT2D eigenvalue weighted by Gasteiger charge is -2.19. The van der Waals surface area contributed by atoms with Crippen LogP contribution in [-0.4, -0.2) is 10.8 Å². The number of hydrogen-bond acceptors (Lipinski definition) is 2. The van der Waals surface area contributed by atoms with Crippen LogP contribution in [-0.2, 0) is 16.6 Å². The quantitative estimate of drug-likeness (QED) is 0.741. The Morgan fingerprint density at radius 3 is 2.30 bits per heavy atom. The number of halogens is 1. The fourth-order valence-electron chi connectivity index (χ4n) is 2.55. The van der Waals surface area contributed by atoms with Crippen LogP contribution in [0.3, 0.4) is 0 Å². The van der Waals surface area contributed by atoms with E-state index in [1.165, 1.54) is 5.56 Å². The molecule has 1 heterocycles. The van der Waals surface area contributed by atoms with E-state index in [1.54, 1.807) is 6.20 Å². The van der Waals surface area contributed by atoms with Crippen LogP contribution < -0.4 is 0 Å². The minimum atomic E-state index is 0.105. The second kappa shape index (κ2) is 7.27. The summed E-state index contributed by atoms with van der Waals surface area (Å²) < 4.78 is 0. The standard InChI is InChI=1S/C20H24ClNO/c1-14(19-10-9-17(21)13-22-19)11-18(23)12-15-5-7-16(8-6-15)20(2,3)4/h5-10,13-14H,11-12H2,1-4H3/t14-/m0/s1. The molecule has 0 saturated heterocycles. The molecule has 0 N–H and O–H groups in total. The summed E-state index contributed by atoms with van der Waals surface area (Å²) in [5.74, 6) is 0.339. The van der Waals surface area contributed by atoms with E-state index in [4.69, 9.17) is 11.6 Å². The molecule has 3 heteroatoms. The van der Waals surface area contributed by atoms with Crippen molar-refractivity contribution in [2.75, 3.05) is 0 Å². The molecule has 0 saturated carbocycles. The van der Waals surface area contributed by atoms with Crippen LogP contribution in [0.2, 0.25) is 5.02 Å². The molecule has 2 aromatic rings. The monoisotopic (exact) mass is 329 g/mol. The van der Waals surface area contributed by atoms with E-state index in [9.17, 15) is 4.79 Å². The lowest BCUT2D eigenvalue weighted by atomic mass is 9.86. The Kier molecular flexibility index (Phi) is 5.59. The number of rotatable bonds is 5. The highest BCUT2D eigenvalue weighted by Gasteiger charge is 2.15. The lowest BCUT2D eigenvalue weighted by molar-refractivity contribution is -0.118. The van der Waals surface area contributed by atoms with Crippen molar-refractivity contribution in [3.8, 4) is 0 Å². The summed E-state index contributed by atoms with van der Waals surface area (Å²) in [6.45, 7) is 8.59. The van der Waals surface area contributed by atoms with Gasteiger partial charge in [-0.05, 0) is 28.7 Å². The van der Waals surface area contributed by atoms with Crippen LogP contribution in [0.25, 0.3) is 0 Å². The Morgan fingerprint density at radius 1 is 1.13 bits per heavy atom. The number of benzene rings is 1. The van der Waals surface area contributed by atoms with Crippen molar-refractivity contribution in [2.24, 2.45) is 0 Å². The van der Waals surface area contributed by atoms with Gasteiger partial charge in [0, 0.05) is 30.7 Å². The van der Waals surface area contributed by atoms with Crippen molar-refractivity contribution in [2.45, 2.75) is 51.9 Å². The highest BCUT2D eigenvalue weighted by molar-refractivity contribution is 6.30. The molecule has 0 unspecified atom stereocenters. The van der Waals surface area contributed by atoms with Crippen molar-refractivity contribution in [3.05, 3.63) is 64.4 Å². The number of Topliss-reactive ketones (excluding diaryl/α,β-unsaturated/α-hetero) is 1. The zero-order chi connectivity index (χ0) is 17.0.